The molecule has 0 bridgehead atoms. The van der Waals surface area contributed by atoms with Crippen LogP contribution in [-0.4, -0.2) is 14.4 Å². The summed E-state index contributed by atoms with van der Waals surface area (Å²) < 4.78 is 16.1. The second kappa shape index (κ2) is 5.51. The van der Waals surface area contributed by atoms with Gasteiger partial charge in [0.2, 0.25) is 0 Å². The molecule has 0 radical (unpaired) electrons. The smallest absolute Gasteiger partial charge is 0.284 e. The number of halogens is 2. The van der Waals surface area contributed by atoms with E-state index >= 15 is 0 Å². The number of pyridine rings is 1. The number of nitrogen functional groups attached to an aromatic ring is 1. The van der Waals surface area contributed by atoms with E-state index in [-0.39, 0.29) is 38.6 Å². The van der Waals surface area contributed by atoms with Crippen LogP contribution in [0.25, 0.3) is 27.1 Å². The molecule has 0 fully saturated rings. The number of nitrogens with zero attached hydrogens (tertiary/aromatic N) is 4. The van der Waals surface area contributed by atoms with Crippen molar-refractivity contribution in [1.82, 2.24) is 14.4 Å². The van der Waals surface area contributed by atoms with E-state index in [0.717, 1.165) is 0 Å². The van der Waals surface area contributed by atoms with Gasteiger partial charge < -0.3 is 5.73 Å². The number of thiazole rings is 1. The zero-order chi connectivity index (χ0) is 17.7. The fraction of sp³-hybridized carbons (Fsp3) is 0. The second-order valence-electron chi connectivity index (χ2n) is 5.13. The van der Waals surface area contributed by atoms with Crippen LogP contribution in [0.4, 0.5) is 10.2 Å². The van der Waals surface area contributed by atoms with Crippen molar-refractivity contribution in [2.45, 2.75) is 0 Å². The molecule has 6 nitrogen and oxygen atoms in total. The molecule has 0 aliphatic rings. The van der Waals surface area contributed by atoms with Crippen LogP contribution in [0.15, 0.2) is 34.6 Å². The molecule has 0 spiro atoms. The van der Waals surface area contributed by atoms with Gasteiger partial charge in [-0.3, -0.25) is 9.20 Å². The summed E-state index contributed by atoms with van der Waals surface area (Å²) in [7, 11) is 0. The van der Waals surface area contributed by atoms with Crippen LogP contribution >= 0.6 is 22.9 Å². The summed E-state index contributed by atoms with van der Waals surface area (Å²) >= 11 is 7.40. The Morgan fingerprint density at radius 3 is 2.84 bits per heavy atom. The van der Waals surface area contributed by atoms with Crippen LogP contribution in [0.3, 0.4) is 0 Å². The minimum atomic E-state index is -0.675. The van der Waals surface area contributed by atoms with Crippen molar-refractivity contribution >= 4 is 44.7 Å². The highest BCUT2D eigenvalue weighted by Gasteiger charge is 2.24. The molecule has 0 unspecified atom stereocenters. The Hall–Kier alpha value is -3.02. The highest BCUT2D eigenvalue weighted by Crippen LogP contribution is 2.38. The lowest BCUT2D eigenvalue weighted by Gasteiger charge is -2.13. The predicted octanol–water partition coefficient (Wildman–Crippen LogP) is 3.22. The summed E-state index contributed by atoms with van der Waals surface area (Å²) in [6, 6.07) is 5.99. The van der Waals surface area contributed by atoms with Crippen molar-refractivity contribution in [1.29, 1.82) is 5.26 Å². The molecule has 3 heterocycles. The average Bonchev–Trinajstić information content (AvgIpc) is 3.02. The van der Waals surface area contributed by atoms with Crippen molar-refractivity contribution in [3.8, 4) is 17.2 Å². The zero-order valence-corrected chi connectivity index (χ0v) is 13.9. The molecule has 4 rings (SSSR count). The molecule has 0 saturated carbocycles. The maximum atomic E-state index is 14.5. The van der Waals surface area contributed by atoms with Gasteiger partial charge in [-0.15, -0.1) is 11.3 Å². The van der Waals surface area contributed by atoms with E-state index in [2.05, 4.69) is 9.97 Å². The molecule has 3 aromatic heterocycles. The molecule has 1 aromatic carbocycles. The van der Waals surface area contributed by atoms with E-state index in [0.29, 0.717) is 4.96 Å². The number of hydrogen-bond acceptors (Lipinski definition) is 6. The van der Waals surface area contributed by atoms with E-state index in [1.807, 2.05) is 6.07 Å². The topological polar surface area (TPSA) is 97.1 Å². The number of fused-ring (bicyclic) bond motifs is 3. The fourth-order valence-corrected chi connectivity index (χ4v) is 3.68. The Bertz CT molecular complexity index is 1250. The van der Waals surface area contributed by atoms with Gasteiger partial charge >= 0.3 is 0 Å². The quantitative estimate of drug-likeness (QED) is 0.554. The summed E-state index contributed by atoms with van der Waals surface area (Å²) in [5, 5.41) is 11.3. The predicted molar refractivity (Wildman–Crippen MR) is 94.2 cm³/mol. The van der Waals surface area contributed by atoms with Gasteiger partial charge in [-0.05, 0) is 12.1 Å². The number of rotatable bonds is 1. The van der Waals surface area contributed by atoms with Gasteiger partial charge in [0.05, 0.1) is 10.4 Å². The zero-order valence-electron chi connectivity index (χ0n) is 12.3. The lowest BCUT2D eigenvalue weighted by Crippen LogP contribution is -2.14. The molecule has 0 aliphatic carbocycles. The number of aromatic nitrogens is 3. The maximum absolute atomic E-state index is 14.5. The van der Waals surface area contributed by atoms with Crippen molar-refractivity contribution in [2.24, 2.45) is 0 Å². The van der Waals surface area contributed by atoms with Crippen molar-refractivity contribution in [3.05, 3.63) is 56.5 Å². The molecule has 2 N–H and O–H groups in total. The molecule has 0 aliphatic heterocycles. The maximum Gasteiger partial charge on any atom is 0.284 e. The summed E-state index contributed by atoms with van der Waals surface area (Å²) in [6.45, 7) is 0. The van der Waals surface area contributed by atoms with Gasteiger partial charge in [-0.25, -0.2) is 9.37 Å². The molecule has 0 saturated heterocycles. The SMILES string of the molecule is N#Cc1c(N)nc2c(c1-c1c(F)cccc1Cl)c(=O)nc1sccn12. The van der Waals surface area contributed by atoms with Gasteiger partial charge in [-0.2, -0.15) is 10.2 Å². The van der Waals surface area contributed by atoms with Gasteiger partial charge in [0, 0.05) is 22.7 Å². The van der Waals surface area contributed by atoms with Crippen LogP contribution < -0.4 is 11.3 Å². The molecule has 122 valence electrons. The monoisotopic (exact) mass is 371 g/mol. The number of benzene rings is 1. The molecule has 0 atom stereocenters. The Kier molecular flexibility index (Phi) is 3.42. The largest absolute Gasteiger partial charge is 0.383 e. The van der Waals surface area contributed by atoms with Crippen LogP contribution in [0, 0.1) is 17.1 Å². The van der Waals surface area contributed by atoms with Gasteiger partial charge in [-0.1, -0.05) is 17.7 Å². The molecule has 25 heavy (non-hydrogen) atoms. The molecular weight excluding hydrogens is 365 g/mol. The third kappa shape index (κ3) is 2.17. The van der Waals surface area contributed by atoms with E-state index in [1.165, 1.54) is 29.5 Å². The fourth-order valence-electron chi connectivity index (χ4n) is 2.72. The number of hydrogen-bond donors (Lipinski definition) is 1. The third-order valence-electron chi connectivity index (χ3n) is 3.76. The van der Waals surface area contributed by atoms with E-state index in [1.54, 1.807) is 16.0 Å². The van der Waals surface area contributed by atoms with Gasteiger partial charge in [0.1, 0.15) is 23.3 Å². The Balaban J connectivity index is 2.35. The van der Waals surface area contributed by atoms with E-state index in [9.17, 15) is 14.4 Å². The van der Waals surface area contributed by atoms with Gasteiger partial charge in [0.25, 0.3) is 5.56 Å². The van der Waals surface area contributed by atoms with Crippen LogP contribution in [0.2, 0.25) is 5.02 Å². The Labute approximate surface area is 148 Å². The first-order valence-electron chi connectivity index (χ1n) is 6.96. The average molecular weight is 372 g/mol. The van der Waals surface area contributed by atoms with E-state index in [4.69, 9.17) is 17.3 Å². The summed E-state index contributed by atoms with van der Waals surface area (Å²) in [5.74, 6) is -0.791. The first kappa shape index (κ1) is 15.5. The van der Waals surface area contributed by atoms with Crippen LogP contribution in [0.5, 0.6) is 0 Å². The normalized spacial score (nSPS) is 11.1. The lowest BCUT2D eigenvalue weighted by molar-refractivity contribution is 0.631. The van der Waals surface area contributed by atoms with Crippen molar-refractivity contribution < 1.29 is 4.39 Å². The second-order valence-corrected chi connectivity index (χ2v) is 6.41. The first-order valence-corrected chi connectivity index (χ1v) is 8.22. The van der Waals surface area contributed by atoms with Crippen molar-refractivity contribution in [2.75, 3.05) is 5.73 Å². The Morgan fingerprint density at radius 1 is 1.32 bits per heavy atom. The molecular formula is C16H7ClFN5OS. The van der Waals surface area contributed by atoms with E-state index < -0.39 is 11.4 Å². The summed E-state index contributed by atoms with van der Waals surface area (Å²) in [4.78, 5) is 21.2. The molecule has 9 heteroatoms. The number of nitriles is 1. The lowest BCUT2D eigenvalue weighted by atomic mass is 9.97. The van der Waals surface area contributed by atoms with Crippen molar-refractivity contribution in [3.63, 3.8) is 0 Å². The van der Waals surface area contributed by atoms with Crippen LogP contribution in [-0.2, 0) is 0 Å². The van der Waals surface area contributed by atoms with Gasteiger partial charge in [0.15, 0.2) is 10.6 Å². The number of nitrogens with two attached hydrogens (primary N) is 1. The minimum Gasteiger partial charge on any atom is -0.383 e. The number of anilines is 1. The summed E-state index contributed by atoms with van der Waals surface area (Å²) in [6.07, 6.45) is 1.67. The highest BCUT2D eigenvalue weighted by atomic mass is 35.5. The molecule has 4 aromatic rings. The standard InChI is InChI=1S/C16H7ClFN5OS/c17-8-2-1-3-9(18)11(8)10-7(6-19)13(20)21-14-12(10)15(24)22-16-23(14)4-5-25-16/h1-5H,(H2,20,21). The van der Waals surface area contributed by atoms with Crippen LogP contribution in [0.1, 0.15) is 5.56 Å². The summed E-state index contributed by atoms with van der Waals surface area (Å²) in [5.41, 5.74) is 5.29. The highest BCUT2D eigenvalue weighted by molar-refractivity contribution is 7.15. The molecule has 0 amide bonds. The minimum absolute atomic E-state index is 0.00574. The third-order valence-corrected chi connectivity index (χ3v) is 4.83. The first-order chi connectivity index (χ1) is 12.0. The Morgan fingerprint density at radius 2 is 2.12 bits per heavy atom.